The molecule has 0 saturated heterocycles. The zero-order chi connectivity index (χ0) is 19.8. The lowest BCUT2D eigenvalue weighted by Gasteiger charge is -2.22. The third-order valence-electron chi connectivity index (χ3n) is 4.36. The van der Waals surface area contributed by atoms with Crippen molar-refractivity contribution < 1.29 is 27.5 Å². The van der Waals surface area contributed by atoms with Crippen LogP contribution < -0.4 is 10.1 Å². The molecule has 1 N–H and O–H groups in total. The minimum absolute atomic E-state index is 0.129. The van der Waals surface area contributed by atoms with Gasteiger partial charge < -0.3 is 19.6 Å². The minimum Gasteiger partial charge on any atom is -0.497 e. The minimum atomic E-state index is -3.58. The lowest BCUT2D eigenvalue weighted by atomic mass is 10.1. The molecule has 1 amide bonds. The van der Waals surface area contributed by atoms with Crippen molar-refractivity contribution in [3.05, 3.63) is 29.8 Å². The van der Waals surface area contributed by atoms with E-state index in [4.69, 9.17) is 9.47 Å². The maximum absolute atomic E-state index is 12.5. The lowest BCUT2D eigenvalue weighted by molar-refractivity contribution is -0.110. The normalized spacial score (nSPS) is 25.3. The van der Waals surface area contributed by atoms with Crippen LogP contribution in [0, 0.1) is 0 Å². The van der Waals surface area contributed by atoms with Crippen LogP contribution in [0.1, 0.15) is 39.2 Å². The van der Waals surface area contributed by atoms with Crippen LogP contribution in [0.3, 0.4) is 0 Å². The summed E-state index contributed by atoms with van der Waals surface area (Å²) < 4.78 is 35.4. The predicted octanol–water partition coefficient (Wildman–Crippen LogP) is 2.06. The van der Waals surface area contributed by atoms with Crippen molar-refractivity contribution >= 4 is 22.2 Å². The van der Waals surface area contributed by atoms with E-state index in [-0.39, 0.29) is 5.75 Å². The van der Waals surface area contributed by atoms with Gasteiger partial charge in [-0.2, -0.15) is 0 Å². The fourth-order valence-corrected chi connectivity index (χ4v) is 5.05. The summed E-state index contributed by atoms with van der Waals surface area (Å²) in [5, 5.41) is 1.47. The largest absolute Gasteiger partial charge is 0.497 e. The first kappa shape index (κ1) is 20.2. The van der Waals surface area contributed by atoms with Gasteiger partial charge in [0.25, 0.3) is 0 Å². The number of ether oxygens (including phenoxy) is 2. The third kappa shape index (κ3) is 3.85. The molecule has 0 spiro atoms. The zero-order valence-electron chi connectivity index (χ0n) is 15.6. The van der Waals surface area contributed by atoms with E-state index in [1.54, 1.807) is 45.0 Å². The van der Waals surface area contributed by atoms with Gasteiger partial charge >= 0.3 is 6.09 Å². The number of benzene rings is 1. The van der Waals surface area contributed by atoms with Gasteiger partial charge in [-0.05, 0) is 38.5 Å². The van der Waals surface area contributed by atoms with E-state index in [0.29, 0.717) is 17.6 Å². The van der Waals surface area contributed by atoms with E-state index >= 15 is 0 Å². The summed E-state index contributed by atoms with van der Waals surface area (Å²) >= 11 is 0. The van der Waals surface area contributed by atoms with E-state index in [9.17, 15) is 18.0 Å². The quantitative estimate of drug-likeness (QED) is 0.755. The van der Waals surface area contributed by atoms with E-state index in [1.807, 2.05) is 0 Å². The molecule has 1 fully saturated rings. The fraction of sp³-hybridized carbons (Fsp3) is 0.556. The Morgan fingerprint density at radius 3 is 2.27 bits per heavy atom. The number of amides is 1. The molecule has 2 rings (SSSR count). The van der Waals surface area contributed by atoms with Crippen LogP contribution in [0.5, 0.6) is 5.75 Å². The Hall–Kier alpha value is -2.09. The molecule has 144 valence electrons. The van der Waals surface area contributed by atoms with Gasteiger partial charge in [0.1, 0.15) is 28.4 Å². The summed E-state index contributed by atoms with van der Waals surface area (Å²) in [6, 6.07) is 6.77. The molecule has 0 heterocycles. The molecule has 3 atom stereocenters. The molecule has 1 saturated carbocycles. The van der Waals surface area contributed by atoms with Crippen LogP contribution in [0.4, 0.5) is 4.79 Å². The van der Waals surface area contributed by atoms with Crippen molar-refractivity contribution in [2.24, 2.45) is 0 Å². The average Bonchev–Trinajstić information content (AvgIpc) is 3.22. The van der Waals surface area contributed by atoms with Gasteiger partial charge in [-0.25, -0.2) is 13.2 Å². The number of carbonyl (C=O) groups excluding carboxylic acids is 2. The fourth-order valence-electron chi connectivity index (χ4n) is 3.12. The number of methoxy groups -OCH3 is 1. The Kier molecular flexibility index (Phi) is 5.37. The number of aldehydes is 1. The highest BCUT2D eigenvalue weighted by Crippen LogP contribution is 2.55. The Morgan fingerprint density at radius 2 is 1.85 bits per heavy atom. The van der Waals surface area contributed by atoms with Crippen LogP contribution in [-0.4, -0.2) is 50.0 Å². The number of rotatable bonds is 6. The molecule has 26 heavy (non-hydrogen) atoms. The number of hydrogen-bond donors (Lipinski definition) is 1. The van der Waals surface area contributed by atoms with Crippen molar-refractivity contribution in [2.45, 2.75) is 50.0 Å². The Bertz CT molecular complexity index is 781. The maximum Gasteiger partial charge on any atom is 0.408 e. The number of alkyl carbamates (subject to hydrolysis) is 1. The van der Waals surface area contributed by atoms with E-state index in [2.05, 4.69) is 5.32 Å². The first-order chi connectivity index (χ1) is 12.0. The van der Waals surface area contributed by atoms with Crippen molar-refractivity contribution in [2.75, 3.05) is 12.9 Å². The van der Waals surface area contributed by atoms with Crippen molar-refractivity contribution in [3.63, 3.8) is 0 Å². The van der Waals surface area contributed by atoms with Gasteiger partial charge in [-0.15, -0.1) is 0 Å². The summed E-state index contributed by atoms with van der Waals surface area (Å²) in [5.41, 5.74) is -1.67. The van der Waals surface area contributed by atoms with Gasteiger partial charge in [0.05, 0.1) is 7.11 Å². The van der Waals surface area contributed by atoms with Crippen LogP contribution >= 0.6 is 0 Å². The highest BCUT2D eigenvalue weighted by Gasteiger charge is 2.72. The number of sulfone groups is 1. The van der Waals surface area contributed by atoms with Crippen LogP contribution in [0.15, 0.2) is 24.3 Å². The molecule has 0 unspecified atom stereocenters. The Labute approximate surface area is 154 Å². The molecule has 1 aromatic carbocycles. The van der Waals surface area contributed by atoms with Gasteiger partial charge in [-0.3, -0.25) is 0 Å². The molecule has 1 aromatic rings. The Balaban J connectivity index is 2.39. The van der Waals surface area contributed by atoms with Crippen LogP contribution in [-0.2, 0) is 19.4 Å². The summed E-state index contributed by atoms with van der Waals surface area (Å²) in [6.45, 7) is 6.58. The SMILES string of the molecule is CCS(=O)(=O)[C@@H]1[C@@H](c2ccc(OC)cc2)[C@]1(C=O)NC(=O)OC(C)(C)C. The summed E-state index contributed by atoms with van der Waals surface area (Å²) in [7, 11) is -2.06. The second kappa shape index (κ2) is 6.90. The van der Waals surface area contributed by atoms with E-state index in [1.165, 1.54) is 14.0 Å². The molecule has 0 bridgehead atoms. The number of nitrogens with one attached hydrogen (secondary N) is 1. The highest BCUT2D eigenvalue weighted by atomic mass is 32.2. The number of hydrogen-bond acceptors (Lipinski definition) is 6. The van der Waals surface area contributed by atoms with Crippen molar-refractivity contribution in [3.8, 4) is 5.75 Å². The lowest BCUT2D eigenvalue weighted by Crippen LogP contribution is -2.45. The van der Waals surface area contributed by atoms with Crippen molar-refractivity contribution in [1.82, 2.24) is 5.32 Å². The number of carbonyl (C=O) groups is 2. The molecular weight excluding hydrogens is 358 g/mol. The topological polar surface area (TPSA) is 98.8 Å². The average molecular weight is 383 g/mol. The molecule has 8 heteroatoms. The van der Waals surface area contributed by atoms with Gasteiger partial charge in [-0.1, -0.05) is 19.1 Å². The standard InChI is InChI=1S/C18H25NO6S/c1-6-26(22,23)15-14(12-7-9-13(24-5)10-8-12)18(15,11-20)19-16(21)25-17(2,3)4/h7-11,14-15H,6H2,1-5H3,(H,19,21)/t14-,15-,18+/m1/s1. The van der Waals surface area contributed by atoms with Gasteiger partial charge in [0.2, 0.25) is 0 Å². The van der Waals surface area contributed by atoms with Crippen LogP contribution in [0.2, 0.25) is 0 Å². The maximum atomic E-state index is 12.5. The molecule has 1 aliphatic rings. The second-order valence-electron chi connectivity index (χ2n) is 7.30. The van der Waals surface area contributed by atoms with Crippen LogP contribution in [0.25, 0.3) is 0 Å². The Morgan fingerprint density at radius 1 is 1.27 bits per heavy atom. The van der Waals surface area contributed by atoms with Crippen molar-refractivity contribution in [1.29, 1.82) is 0 Å². The monoisotopic (exact) mass is 383 g/mol. The first-order valence-electron chi connectivity index (χ1n) is 8.33. The molecule has 0 aliphatic heterocycles. The first-order valence-corrected chi connectivity index (χ1v) is 10.1. The molecule has 1 aliphatic carbocycles. The summed E-state index contributed by atoms with van der Waals surface area (Å²) in [4.78, 5) is 24.1. The molecule has 0 aromatic heterocycles. The third-order valence-corrected chi connectivity index (χ3v) is 6.60. The highest BCUT2D eigenvalue weighted by molar-refractivity contribution is 7.92. The smallest absolute Gasteiger partial charge is 0.408 e. The predicted molar refractivity (Wildman–Crippen MR) is 97.1 cm³/mol. The summed E-state index contributed by atoms with van der Waals surface area (Å²) in [6.07, 6.45) is -0.319. The second-order valence-corrected chi connectivity index (χ2v) is 9.71. The van der Waals surface area contributed by atoms with Gasteiger partial charge in [0, 0.05) is 11.7 Å². The zero-order valence-corrected chi connectivity index (χ0v) is 16.4. The van der Waals surface area contributed by atoms with E-state index in [0.717, 1.165) is 0 Å². The summed E-state index contributed by atoms with van der Waals surface area (Å²) in [5.74, 6) is -0.194. The van der Waals surface area contributed by atoms with E-state index < -0.39 is 38.2 Å². The van der Waals surface area contributed by atoms with Gasteiger partial charge in [0.15, 0.2) is 9.84 Å². The molecular formula is C18H25NO6S. The molecule has 7 nitrogen and oxygen atoms in total. The molecule has 0 radical (unpaired) electrons.